The highest BCUT2D eigenvalue weighted by atomic mass is 16.6. The second-order valence-electron chi connectivity index (χ2n) is 7.36. The molecule has 1 saturated heterocycles. The average Bonchev–Trinajstić information content (AvgIpc) is 3.10. The molecule has 0 aromatic heterocycles. The molecule has 34 heavy (non-hydrogen) atoms. The van der Waals surface area contributed by atoms with E-state index in [1.165, 1.54) is 19.3 Å². The van der Waals surface area contributed by atoms with Gasteiger partial charge in [-0.1, -0.05) is 24.3 Å². The van der Waals surface area contributed by atoms with E-state index in [0.29, 0.717) is 11.1 Å². The number of allylic oxidation sites excluding steroid dienone is 1. The molecule has 1 atom stereocenters. The molecule has 11 nitrogen and oxygen atoms in total. The zero-order valence-corrected chi connectivity index (χ0v) is 18.7. The van der Waals surface area contributed by atoms with E-state index in [2.05, 4.69) is 5.43 Å². The van der Waals surface area contributed by atoms with E-state index in [1.807, 2.05) is 0 Å². The third-order valence-electron chi connectivity index (χ3n) is 5.21. The summed E-state index contributed by atoms with van der Waals surface area (Å²) < 4.78 is 5.15. The number of hydrazine groups is 1. The van der Waals surface area contributed by atoms with E-state index >= 15 is 0 Å². The van der Waals surface area contributed by atoms with Crippen molar-refractivity contribution in [3.8, 4) is 5.75 Å². The Morgan fingerprint density at radius 2 is 1.94 bits per heavy atom. The van der Waals surface area contributed by atoms with Crippen LogP contribution in [0.4, 0.5) is 11.4 Å². The summed E-state index contributed by atoms with van der Waals surface area (Å²) in [6.07, 6.45) is 2.19. The summed E-state index contributed by atoms with van der Waals surface area (Å²) in [5.41, 5.74) is 3.11. The predicted molar refractivity (Wildman–Crippen MR) is 121 cm³/mol. The van der Waals surface area contributed by atoms with Gasteiger partial charge in [-0.15, -0.1) is 0 Å². The van der Waals surface area contributed by atoms with Gasteiger partial charge in [-0.25, -0.2) is 9.91 Å². The number of hydrogen-bond acceptors (Lipinski definition) is 7. The summed E-state index contributed by atoms with van der Waals surface area (Å²) in [6, 6.07) is 8.82. The van der Waals surface area contributed by atoms with Crippen molar-refractivity contribution in [2.45, 2.75) is 26.3 Å². The number of nitro benzene ring substituents is 1. The fraction of sp³-hybridized carbons (Fsp3) is 0.217. The second-order valence-corrected chi connectivity index (χ2v) is 7.36. The summed E-state index contributed by atoms with van der Waals surface area (Å²) in [4.78, 5) is 63.0. The Labute approximate surface area is 194 Å². The fourth-order valence-corrected chi connectivity index (χ4v) is 3.54. The van der Waals surface area contributed by atoms with Crippen LogP contribution in [0.2, 0.25) is 0 Å². The second kappa shape index (κ2) is 9.94. The third-order valence-corrected chi connectivity index (χ3v) is 5.21. The topological polar surface area (TPSA) is 139 Å². The minimum atomic E-state index is -1.33. The minimum Gasteiger partial charge on any atom is -0.494 e. The fourth-order valence-electron chi connectivity index (χ4n) is 3.54. The molecule has 0 saturated carbocycles. The van der Waals surface area contributed by atoms with E-state index in [0.717, 1.165) is 28.1 Å². The Morgan fingerprint density at radius 3 is 2.56 bits per heavy atom. The normalized spacial score (nSPS) is 15.5. The maximum atomic E-state index is 13.3. The summed E-state index contributed by atoms with van der Waals surface area (Å²) in [6.45, 7) is 3.31. The molecule has 1 aliphatic rings. The van der Waals surface area contributed by atoms with Gasteiger partial charge in [-0.3, -0.25) is 34.7 Å². The van der Waals surface area contributed by atoms with Crippen molar-refractivity contribution >= 4 is 35.0 Å². The number of anilines is 1. The number of methoxy groups -OCH3 is 1. The number of nitro groups is 1. The first-order chi connectivity index (χ1) is 16.2. The van der Waals surface area contributed by atoms with Gasteiger partial charge in [0.1, 0.15) is 11.8 Å². The number of non-ortho nitro benzene ring substituents is 1. The van der Waals surface area contributed by atoms with E-state index < -0.39 is 41.0 Å². The molecule has 1 N–H and O–H groups in total. The van der Waals surface area contributed by atoms with Gasteiger partial charge in [-0.05, 0) is 31.5 Å². The Kier molecular flexibility index (Phi) is 7.05. The standard InChI is InChI=1S/C23H22N4O7/c1-4-7-20(28)26(24-22(30)16-9-6-5-8-14(16)2)18-13-21(29)25(23(18)31)17-11-10-15(27(32)33)12-19(17)34-3/h4-12,18H,13H2,1-3H3,(H,24,30). The average molecular weight is 466 g/mol. The zero-order chi connectivity index (χ0) is 25.0. The lowest BCUT2D eigenvalue weighted by molar-refractivity contribution is -0.384. The number of ether oxygens (including phenoxy) is 1. The summed E-state index contributed by atoms with van der Waals surface area (Å²) in [5, 5.41) is 11.9. The molecule has 1 heterocycles. The largest absolute Gasteiger partial charge is 0.494 e. The molecular formula is C23H22N4O7. The van der Waals surface area contributed by atoms with Gasteiger partial charge < -0.3 is 4.74 Å². The van der Waals surface area contributed by atoms with Gasteiger partial charge in [0.2, 0.25) is 5.91 Å². The van der Waals surface area contributed by atoms with Gasteiger partial charge in [0.25, 0.3) is 23.4 Å². The molecule has 176 valence electrons. The van der Waals surface area contributed by atoms with Crippen LogP contribution in [0, 0.1) is 17.0 Å². The number of rotatable bonds is 6. The molecule has 3 rings (SSSR count). The van der Waals surface area contributed by atoms with E-state index in [9.17, 15) is 29.3 Å². The summed E-state index contributed by atoms with van der Waals surface area (Å²) in [7, 11) is 1.25. The van der Waals surface area contributed by atoms with Crippen molar-refractivity contribution in [2.75, 3.05) is 12.0 Å². The first kappa shape index (κ1) is 24.1. The number of nitrogens with zero attached hydrogens (tertiary/aromatic N) is 3. The van der Waals surface area contributed by atoms with E-state index in [4.69, 9.17) is 4.74 Å². The lowest BCUT2D eigenvalue weighted by atomic mass is 10.1. The quantitative estimate of drug-likeness (QED) is 0.298. The molecular weight excluding hydrogens is 444 g/mol. The molecule has 1 unspecified atom stereocenters. The van der Waals surface area contributed by atoms with Crippen LogP contribution < -0.4 is 15.1 Å². The molecule has 0 spiro atoms. The predicted octanol–water partition coefficient (Wildman–Crippen LogP) is 2.29. The number of imide groups is 1. The maximum absolute atomic E-state index is 13.3. The lowest BCUT2D eigenvalue weighted by Gasteiger charge is -2.27. The molecule has 1 fully saturated rings. The van der Waals surface area contributed by atoms with Gasteiger partial charge in [0, 0.05) is 17.7 Å². The van der Waals surface area contributed by atoms with Crippen LogP contribution in [-0.2, 0) is 14.4 Å². The van der Waals surface area contributed by atoms with Crippen LogP contribution in [0.15, 0.2) is 54.6 Å². The Hall–Kier alpha value is -4.54. The molecule has 4 amide bonds. The number of nitrogens with one attached hydrogen (secondary N) is 1. The summed E-state index contributed by atoms with van der Waals surface area (Å²) >= 11 is 0. The summed E-state index contributed by atoms with van der Waals surface area (Å²) in [5.74, 6) is -2.84. The van der Waals surface area contributed by atoms with Gasteiger partial charge in [0.05, 0.1) is 30.2 Å². The number of benzene rings is 2. The van der Waals surface area contributed by atoms with Gasteiger partial charge in [-0.2, -0.15) is 0 Å². The number of carbonyl (C=O) groups excluding carboxylic acids is 4. The maximum Gasteiger partial charge on any atom is 0.273 e. The van der Waals surface area contributed by atoms with Crippen molar-refractivity contribution in [2.24, 2.45) is 0 Å². The highest BCUT2D eigenvalue weighted by Crippen LogP contribution is 2.35. The number of amides is 4. The van der Waals surface area contributed by atoms with Crippen LogP contribution in [0.25, 0.3) is 0 Å². The van der Waals surface area contributed by atoms with Crippen molar-refractivity contribution in [3.63, 3.8) is 0 Å². The number of hydrogen-bond donors (Lipinski definition) is 1. The number of carbonyl (C=O) groups is 4. The Morgan fingerprint density at radius 1 is 1.24 bits per heavy atom. The molecule has 0 bridgehead atoms. The Bertz CT molecular complexity index is 1210. The van der Waals surface area contributed by atoms with Crippen LogP contribution in [0.5, 0.6) is 5.75 Å². The SMILES string of the molecule is CC=CC(=O)N(NC(=O)c1ccccc1C)C1CC(=O)N(c2ccc([N+](=O)[O-])cc2OC)C1=O. The van der Waals surface area contributed by atoms with Crippen molar-refractivity contribution in [3.05, 3.63) is 75.9 Å². The van der Waals surface area contributed by atoms with Crippen molar-refractivity contribution < 1.29 is 28.8 Å². The molecule has 1 aliphatic heterocycles. The van der Waals surface area contributed by atoms with Crippen molar-refractivity contribution in [1.29, 1.82) is 0 Å². The Balaban J connectivity index is 1.96. The van der Waals surface area contributed by atoms with Crippen LogP contribution in [0.3, 0.4) is 0 Å². The minimum absolute atomic E-state index is 0.00531. The molecule has 2 aromatic carbocycles. The zero-order valence-electron chi connectivity index (χ0n) is 18.7. The molecule has 0 aliphatic carbocycles. The highest BCUT2D eigenvalue weighted by Gasteiger charge is 2.46. The highest BCUT2D eigenvalue weighted by molar-refractivity contribution is 6.24. The molecule has 0 radical (unpaired) electrons. The van der Waals surface area contributed by atoms with Gasteiger partial charge >= 0.3 is 0 Å². The number of aryl methyl sites for hydroxylation is 1. The molecule has 2 aromatic rings. The third kappa shape index (κ3) is 4.63. The van der Waals surface area contributed by atoms with Crippen LogP contribution >= 0.6 is 0 Å². The van der Waals surface area contributed by atoms with Gasteiger partial charge in [0.15, 0.2) is 0 Å². The first-order valence-corrected chi connectivity index (χ1v) is 10.2. The first-order valence-electron chi connectivity index (χ1n) is 10.2. The van der Waals surface area contributed by atoms with E-state index in [-0.39, 0.29) is 17.1 Å². The van der Waals surface area contributed by atoms with E-state index in [1.54, 1.807) is 38.1 Å². The smallest absolute Gasteiger partial charge is 0.273 e. The monoisotopic (exact) mass is 466 g/mol. The van der Waals surface area contributed by atoms with Crippen LogP contribution in [-0.4, -0.2) is 46.7 Å². The van der Waals surface area contributed by atoms with Crippen LogP contribution in [0.1, 0.15) is 29.3 Å². The lowest BCUT2D eigenvalue weighted by Crippen LogP contribution is -2.54. The van der Waals surface area contributed by atoms with Crippen molar-refractivity contribution in [1.82, 2.24) is 10.4 Å². The molecule has 11 heteroatoms.